The molecule has 0 radical (unpaired) electrons. The van der Waals surface area contributed by atoms with Gasteiger partial charge in [0.2, 0.25) is 0 Å². The van der Waals surface area contributed by atoms with E-state index in [4.69, 9.17) is 23.2 Å². The summed E-state index contributed by atoms with van der Waals surface area (Å²) >= 11 is 15.8. The molecule has 80 valence electrons. The van der Waals surface area contributed by atoms with Crippen LogP contribution in [-0.4, -0.2) is 26.9 Å². The number of allylic oxidation sites excluding steroid dienone is 2. The number of rotatable bonds is 3. The lowest BCUT2D eigenvalue weighted by atomic mass is 10.3. The monoisotopic (exact) mass is 314 g/mol. The maximum Gasteiger partial charge on any atom is 0.124 e. The number of hydrogen-bond donors (Lipinski definition) is 1. The quantitative estimate of drug-likeness (QED) is 0.488. The van der Waals surface area contributed by atoms with Crippen molar-refractivity contribution < 1.29 is 0 Å². The summed E-state index contributed by atoms with van der Waals surface area (Å²) in [6.07, 6.45) is 0. The van der Waals surface area contributed by atoms with Gasteiger partial charge in [0, 0.05) is 18.0 Å². The zero-order chi connectivity index (χ0) is 10.7. The standard InChI is InChI=1S/C8H13BrCl2N2Si/c1-3-14-6-5(4-9)7(10)12-13(2)8(6)11/h12H,3-4,14H2,1-2H3. The highest BCUT2D eigenvalue weighted by atomic mass is 79.9. The van der Waals surface area contributed by atoms with E-state index in [1.807, 2.05) is 7.05 Å². The molecule has 0 aromatic rings. The summed E-state index contributed by atoms with van der Waals surface area (Å²) < 4.78 is 0. The Labute approximate surface area is 105 Å². The lowest BCUT2D eigenvalue weighted by Gasteiger charge is -2.29. The highest BCUT2D eigenvalue weighted by molar-refractivity contribution is 9.09. The topological polar surface area (TPSA) is 15.3 Å². The first kappa shape index (κ1) is 12.4. The van der Waals surface area contributed by atoms with E-state index in [1.54, 1.807) is 5.01 Å². The summed E-state index contributed by atoms with van der Waals surface area (Å²) in [5, 5.41) is 5.26. The van der Waals surface area contributed by atoms with Crippen molar-refractivity contribution in [3.63, 3.8) is 0 Å². The molecule has 0 saturated carbocycles. The van der Waals surface area contributed by atoms with Gasteiger partial charge in [-0.2, -0.15) is 0 Å². The SMILES string of the molecule is CC[SiH2]C1=C(Cl)N(C)NC(Cl)=C1CBr. The van der Waals surface area contributed by atoms with E-state index in [-0.39, 0.29) is 9.52 Å². The molecule has 0 fully saturated rings. The van der Waals surface area contributed by atoms with Gasteiger partial charge in [-0.1, -0.05) is 52.1 Å². The lowest BCUT2D eigenvalue weighted by Crippen LogP contribution is -2.36. The zero-order valence-corrected chi connectivity index (χ0v) is 12.7. The van der Waals surface area contributed by atoms with Crippen LogP contribution in [0.15, 0.2) is 21.1 Å². The van der Waals surface area contributed by atoms with Crippen molar-refractivity contribution >= 4 is 48.7 Å². The van der Waals surface area contributed by atoms with Crippen LogP contribution in [0.3, 0.4) is 0 Å². The highest BCUT2D eigenvalue weighted by Crippen LogP contribution is 2.29. The van der Waals surface area contributed by atoms with Crippen molar-refractivity contribution in [3.05, 3.63) is 21.1 Å². The van der Waals surface area contributed by atoms with Crippen LogP contribution in [0.4, 0.5) is 0 Å². The number of nitrogens with zero attached hydrogens (tertiary/aromatic N) is 1. The van der Waals surface area contributed by atoms with Crippen LogP contribution in [0, 0.1) is 0 Å². The maximum absolute atomic E-state index is 6.21. The molecule has 0 saturated heterocycles. The number of halogens is 3. The minimum atomic E-state index is -0.300. The van der Waals surface area contributed by atoms with Gasteiger partial charge in [-0.15, -0.1) is 0 Å². The number of nitrogens with one attached hydrogen (secondary N) is 1. The predicted molar refractivity (Wildman–Crippen MR) is 69.5 cm³/mol. The molecule has 1 aliphatic heterocycles. The van der Waals surface area contributed by atoms with Crippen molar-refractivity contribution in [2.75, 3.05) is 12.4 Å². The van der Waals surface area contributed by atoms with Crippen LogP contribution < -0.4 is 5.43 Å². The molecule has 14 heavy (non-hydrogen) atoms. The number of alkyl halides is 1. The Bertz CT molecular complexity index is 291. The lowest BCUT2D eigenvalue weighted by molar-refractivity contribution is 0.360. The Morgan fingerprint density at radius 2 is 2.14 bits per heavy atom. The molecule has 1 rings (SSSR count). The molecular formula is C8H13BrCl2N2Si. The van der Waals surface area contributed by atoms with Gasteiger partial charge in [0.25, 0.3) is 0 Å². The van der Waals surface area contributed by atoms with Crippen LogP contribution in [-0.2, 0) is 0 Å². The van der Waals surface area contributed by atoms with Crippen LogP contribution in [0.25, 0.3) is 0 Å². The third-order valence-corrected chi connectivity index (χ3v) is 5.41. The molecule has 0 unspecified atom stereocenters. The summed E-state index contributed by atoms with van der Waals surface area (Å²) in [6.45, 7) is 2.19. The van der Waals surface area contributed by atoms with E-state index in [1.165, 1.54) is 11.2 Å². The second kappa shape index (κ2) is 5.44. The van der Waals surface area contributed by atoms with Gasteiger partial charge in [0.15, 0.2) is 0 Å². The van der Waals surface area contributed by atoms with E-state index in [0.29, 0.717) is 5.16 Å². The van der Waals surface area contributed by atoms with Gasteiger partial charge in [0.05, 0.1) is 9.52 Å². The number of hydrogen-bond acceptors (Lipinski definition) is 2. The van der Waals surface area contributed by atoms with Crippen LogP contribution >= 0.6 is 39.1 Å². The van der Waals surface area contributed by atoms with Gasteiger partial charge in [-0.25, -0.2) is 0 Å². The van der Waals surface area contributed by atoms with E-state index in [2.05, 4.69) is 28.3 Å². The average Bonchev–Trinajstić information content (AvgIpc) is 2.14. The van der Waals surface area contributed by atoms with Crippen LogP contribution in [0.1, 0.15) is 6.92 Å². The largest absolute Gasteiger partial charge is 0.287 e. The summed E-state index contributed by atoms with van der Waals surface area (Å²) in [6, 6.07) is 1.19. The highest BCUT2D eigenvalue weighted by Gasteiger charge is 2.21. The first-order valence-corrected chi connectivity index (χ1v) is 8.04. The van der Waals surface area contributed by atoms with Crippen molar-refractivity contribution in [2.45, 2.75) is 13.0 Å². The predicted octanol–water partition coefficient (Wildman–Crippen LogP) is 2.30. The van der Waals surface area contributed by atoms with E-state index in [9.17, 15) is 0 Å². The molecule has 0 aliphatic carbocycles. The van der Waals surface area contributed by atoms with Crippen LogP contribution in [0.2, 0.25) is 6.04 Å². The van der Waals surface area contributed by atoms with Gasteiger partial charge in [-0.3, -0.25) is 10.4 Å². The molecule has 0 aromatic carbocycles. The molecule has 1 N–H and O–H groups in total. The Morgan fingerprint density at radius 1 is 1.50 bits per heavy atom. The van der Waals surface area contributed by atoms with Gasteiger partial charge in [-0.05, 0) is 5.20 Å². The van der Waals surface area contributed by atoms with Gasteiger partial charge in [0.1, 0.15) is 10.3 Å². The Hall–Kier alpha value is 0.357. The third-order valence-electron chi connectivity index (χ3n) is 2.07. The molecule has 0 spiro atoms. The van der Waals surface area contributed by atoms with Crippen molar-refractivity contribution in [1.82, 2.24) is 10.4 Å². The van der Waals surface area contributed by atoms with E-state index < -0.39 is 0 Å². The van der Waals surface area contributed by atoms with Gasteiger partial charge < -0.3 is 0 Å². The summed E-state index contributed by atoms with van der Waals surface area (Å²) in [4.78, 5) is 0. The molecule has 2 nitrogen and oxygen atoms in total. The first-order chi connectivity index (χ1) is 6.61. The Morgan fingerprint density at radius 3 is 2.64 bits per heavy atom. The maximum atomic E-state index is 6.21. The molecule has 0 aromatic heterocycles. The molecule has 0 atom stereocenters. The molecule has 6 heteroatoms. The van der Waals surface area contributed by atoms with Crippen molar-refractivity contribution in [2.24, 2.45) is 0 Å². The van der Waals surface area contributed by atoms with E-state index >= 15 is 0 Å². The van der Waals surface area contributed by atoms with E-state index in [0.717, 1.165) is 16.1 Å². The fourth-order valence-electron chi connectivity index (χ4n) is 1.37. The normalized spacial score (nSPS) is 18.5. The second-order valence-electron chi connectivity index (χ2n) is 3.12. The van der Waals surface area contributed by atoms with Crippen molar-refractivity contribution in [1.29, 1.82) is 0 Å². The van der Waals surface area contributed by atoms with Crippen LogP contribution in [0.5, 0.6) is 0 Å². The molecule has 0 amide bonds. The molecule has 0 bridgehead atoms. The fourth-order valence-corrected chi connectivity index (χ4v) is 4.92. The zero-order valence-electron chi connectivity index (χ0n) is 8.20. The molecular weight excluding hydrogens is 303 g/mol. The summed E-state index contributed by atoms with van der Waals surface area (Å²) in [7, 11) is 1.57. The fraction of sp³-hybridized carbons (Fsp3) is 0.500. The van der Waals surface area contributed by atoms with Gasteiger partial charge >= 0.3 is 0 Å². The minimum Gasteiger partial charge on any atom is -0.287 e. The second-order valence-corrected chi connectivity index (χ2v) is 6.62. The first-order valence-electron chi connectivity index (χ1n) is 4.45. The molecule has 1 heterocycles. The third kappa shape index (κ3) is 2.48. The minimum absolute atomic E-state index is 0.300. The summed E-state index contributed by atoms with van der Waals surface area (Å²) in [5.74, 6) is 0. The molecule has 1 aliphatic rings. The van der Waals surface area contributed by atoms with Crippen molar-refractivity contribution in [3.8, 4) is 0 Å². The summed E-state index contributed by atoms with van der Waals surface area (Å²) in [5.41, 5.74) is 4.11. The Kier molecular flexibility index (Phi) is 4.83. The Balaban J connectivity index is 3.06. The average molecular weight is 316 g/mol. The number of hydrazine groups is 1. The smallest absolute Gasteiger partial charge is 0.124 e.